The van der Waals surface area contributed by atoms with Crippen molar-refractivity contribution < 1.29 is 9.53 Å². The molecule has 1 aromatic carbocycles. The topological polar surface area (TPSA) is 54.5 Å². The van der Waals surface area contributed by atoms with Gasteiger partial charge in [-0.1, -0.05) is 32.9 Å². The first-order valence-corrected chi connectivity index (χ1v) is 9.55. The van der Waals surface area contributed by atoms with E-state index in [2.05, 4.69) is 43.2 Å². The smallest absolute Gasteiger partial charge is 0.255 e. The van der Waals surface area contributed by atoms with E-state index in [0.29, 0.717) is 17.4 Å². The van der Waals surface area contributed by atoms with Crippen LogP contribution in [-0.4, -0.2) is 42.5 Å². The number of rotatable bonds is 5. The van der Waals surface area contributed by atoms with Gasteiger partial charge in [0.05, 0.1) is 5.56 Å². The Hall–Kier alpha value is -2.40. The molecule has 1 aromatic heterocycles. The highest BCUT2D eigenvalue weighted by Gasteiger charge is 2.26. The van der Waals surface area contributed by atoms with Crippen LogP contribution in [0.1, 0.15) is 43.1 Å². The first kappa shape index (κ1) is 19.4. The van der Waals surface area contributed by atoms with Crippen molar-refractivity contribution >= 4 is 5.91 Å². The third-order valence-electron chi connectivity index (χ3n) is 4.99. The predicted molar refractivity (Wildman–Crippen MR) is 107 cm³/mol. The maximum Gasteiger partial charge on any atom is 0.255 e. The molecule has 1 fully saturated rings. The number of carbonyl (C=O) groups is 1. The van der Waals surface area contributed by atoms with Gasteiger partial charge < -0.3 is 15.0 Å². The minimum atomic E-state index is 0.0437. The summed E-state index contributed by atoms with van der Waals surface area (Å²) in [7, 11) is 1.95. The Morgan fingerprint density at radius 1 is 1.22 bits per heavy atom. The number of hydrogen-bond acceptors (Lipinski definition) is 4. The van der Waals surface area contributed by atoms with Gasteiger partial charge in [-0.3, -0.25) is 4.79 Å². The average molecular weight is 367 g/mol. The number of nitrogens with one attached hydrogen (secondary N) is 1. The highest BCUT2D eigenvalue weighted by atomic mass is 16.5. The molecule has 1 atom stereocenters. The summed E-state index contributed by atoms with van der Waals surface area (Å²) in [5.74, 6) is 1.81. The van der Waals surface area contributed by atoms with Crippen LogP contribution in [0.5, 0.6) is 11.6 Å². The van der Waals surface area contributed by atoms with E-state index in [-0.39, 0.29) is 11.3 Å². The number of likely N-dealkylation sites (tertiary alicyclic amines) is 1. The van der Waals surface area contributed by atoms with Gasteiger partial charge in [-0.25, -0.2) is 4.98 Å². The van der Waals surface area contributed by atoms with Crippen LogP contribution in [-0.2, 0) is 5.41 Å². The van der Waals surface area contributed by atoms with Crippen LogP contribution in [0.2, 0.25) is 0 Å². The molecular formula is C22H29N3O2. The molecule has 3 rings (SSSR count). The second-order valence-electron chi connectivity index (χ2n) is 8.23. The summed E-state index contributed by atoms with van der Waals surface area (Å²) in [5.41, 5.74) is 1.97. The molecule has 144 valence electrons. The lowest BCUT2D eigenvalue weighted by atomic mass is 9.87. The van der Waals surface area contributed by atoms with Gasteiger partial charge >= 0.3 is 0 Å². The van der Waals surface area contributed by atoms with Crippen molar-refractivity contribution in [2.75, 3.05) is 26.7 Å². The molecule has 5 heteroatoms. The first-order valence-electron chi connectivity index (χ1n) is 9.55. The van der Waals surface area contributed by atoms with Crippen molar-refractivity contribution in [3.63, 3.8) is 0 Å². The fourth-order valence-electron chi connectivity index (χ4n) is 3.37. The Balaban J connectivity index is 1.61. The molecule has 2 heterocycles. The second kappa shape index (κ2) is 8.09. The molecule has 1 N–H and O–H groups in total. The molecule has 0 saturated carbocycles. The van der Waals surface area contributed by atoms with Crippen molar-refractivity contribution in [3.8, 4) is 11.6 Å². The summed E-state index contributed by atoms with van der Waals surface area (Å²) in [5, 5.41) is 3.18. The standard InChI is InChI=1S/C22H29N3O2/c1-22(2,3)18-6-8-19(9-7-18)27-20-10-5-17(14-24-20)21(26)25-12-11-16(15-25)13-23-4/h5-10,14,16,23H,11-13,15H2,1-4H3. The van der Waals surface area contributed by atoms with Crippen LogP contribution in [0.15, 0.2) is 42.6 Å². The zero-order chi connectivity index (χ0) is 19.4. The summed E-state index contributed by atoms with van der Waals surface area (Å²) >= 11 is 0. The summed E-state index contributed by atoms with van der Waals surface area (Å²) in [4.78, 5) is 18.8. The van der Waals surface area contributed by atoms with E-state index in [1.165, 1.54) is 5.56 Å². The largest absolute Gasteiger partial charge is 0.439 e. The average Bonchev–Trinajstić information content (AvgIpc) is 3.10. The molecule has 2 aromatic rings. The zero-order valence-corrected chi connectivity index (χ0v) is 16.7. The van der Waals surface area contributed by atoms with E-state index in [0.717, 1.165) is 31.8 Å². The van der Waals surface area contributed by atoms with E-state index >= 15 is 0 Å². The highest BCUT2D eigenvalue weighted by Crippen LogP contribution is 2.26. The van der Waals surface area contributed by atoms with Crippen LogP contribution >= 0.6 is 0 Å². The summed E-state index contributed by atoms with van der Waals surface area (Å²) < 4.78 is 5.81. The van der Waals surface area contributed by atoms with Gasteiger partial charge in [0.25, 0.3) is 5.91 Å². The van der Waals surface area contributed by atoms with Gasteiger partial charge in [-0.15, -0.1) is 0 Å². The molecule has 1 aliphatic heterocycles. The number of pyridine rings is 1. The monoisotopic (exact) mass is 367 g/mol. The number of amides is 1. The SMILES string of the molecule is CNCC1CCN(C(=O)c2ccc(Oc3ccc(C(C)(C)C)cc3)nc2)C1. The maximum absolute atomic E-state index is 12.6. The third-order valence-corrected chi connectivity index (χ3v) is 4.99. The fourth-order valence-corrected chi connectivity index (χ4v) is 3.37. The Labute approximate surface area is 161 Å². The van der Waals surface area contributed by atoms with Gasteiger partial charge in [0.15, 0.2) is 0 Å². The zero-order valence-electron chi connectivity index (χ0n) is 16.7. The van der Waals surface area contributed by atoms with Crippen molar-refractivity contribution in [3.05, 3.63) is 53.7 Å². The maximum atomic E-state index is 12.6. The van der Waals surface area contributed by atoms with Gasteiger partial charge in [0.2, 0.25) is 5.88 Å². The molecular weight excluding hydrogens is 338 g/mol. The lowest BCUT2D eigenvalue weighted by Gasteiger charge is -2.19. The fraction of sp³-hybridized carbons (Fsp3) is 0.455. The van der Waals surface area contributed by atoms with E-state index in [1.54, 1.807) is 18.3 Å². The minimum Gasteiger partial charge on any atom is -0.439 e. The van der Waals surface area contributed by atoms with E-state index in [4.69, 9.17) is 4.74 Å². The van der Waals surface area contributed by atoms with Crippen LogP contribution in [0.4, 0.5) is 0 Å². The van der Waals surface area contributed by atoms with Crippen molar-refractivity contribution in [2.24, 2.45) is 5.92 Å². The normalized spacial score (nSPS) is 17.2. The van der Waals surface area contributed by atoms with Gasteiger partial charge in [0.1, 0.15) is 5.75 Å². The van der Waals surface area contributed by atoms with Crippen LogP contribution in [0.3, 0.4) is 0 Å². The van der Waals surface area contributed by atoms with Crippen LogP contribution < -0.4 is 10.1 Å². The molecule has 0 radical (unpaired) electrons. The Morgan fingerprint density at radius 3 is 2.56 bits per heavy atom. The number of aromatic nitrogens is 1. The molecule has 1 amide bonds. The second-order valence-corrected chi connectivity index (χ2v) is 8.23. The summed E-state index contributed by atoms with van der Waals surface area (Å²) in [6, 6.07) is 11.6. The highest BCUT2D eigenvalue weighted by molar-refractivity contribution is 5.94. The van der Waals surface area contributed by atoms with Gasteiger partial charge in [-0.2, -0.15) is 0 Å². The Kier molecular flexibility index (Phi) is 5.80. The molecule has 0 aliphatic carbocycles. The molecule has 27 heavy (non-hydrogen) atoms. The predicted octanol–water partition coefficient (Wildman–Crippen LogP) is 3.85. The van der Waals surface area contributed by atoms with Crippen LogP contribution in [0.25, 0.3) is 0 Å². The van der Waals surface area contributed by atoms with Gasteiger partial charge in [0, 0.05) is 25.4 Å². The number of nitrogens with zero attached hydrogens (tertiary/aromatic N) is 2. The number of carbonyl (C=O) groups excluding carboxylic acids is 1. The first-order chi connectivity index (χ1) is 12.9. The summed E-state index contributed by atoms with van der Waals surface area (Å²) in [6.07, 6.45) is 2.65. The van der Waals surface area contributed by atoms with E-state index in [1.807, 2.05) is 24.1 Å². The molecule has 0 bridgehead atoms. The molecule has 1 saturated heterocycles. The molecule has 1 unspecified atom stereocenters. The molecule has 0 spiro atoms. The van der Waals surface area contributed by atoms with Crippen molar-refractivity contribution in [2.45, 2.75) is 32.6 Å². The number of benzene rings is 1. The number of hydrogen-bond donors (Lipinski definition) is 1. The molecule has 1 aliphatic rings. The molecule has 5 nitrogen and oxygen atoms in total. The lowest BCUT2D eigenvalue weighted by molar-refractivity contribution is 0.0786. The number of ether oxygens (including phenoxy) is 1. The Bertz CT molecular complexity index is 764. The lowest BCUT2D eigenvalue weighted by Crippen LogP contribution is -2.30. The Morgan fingerprint density at radius 2 is 1.96 bits per heavy atom. The summed E-state index contributed by atoms with van der Waals surface area (Å²) in [6.45, 7) is 9.11. The van der Waals surface area contributed by atoms with Crippen molar-refractivity contribution in [1.82, 2.24) is 15.2 Å². The third kappa shape index (κ3) is 4.86. The van der Waals surface area contributed by atoms with E-state index in [9.17, 15) is 4.79 Å². The quantitative estimate of drug-likeness (QED) is 0.872. The van der Waals surface area contributed by atoms with Crippen molar-refractivity contribution in [1.29, 1.82) is 0 Å². The minimum absolute atomic E-state index is 0.0437. The van der Waals surface area contributed by atoms with Crippen LogP contribution in [0, 0.1) is 5.92 Å². The van der Waals surface area contributed by atoms with Gasteiger partial charge in [-0.05, 0) is 55.1 Å². The van der Waals surface area contributed by atoms with E-state index < -0.39 is 0 Å².